The lowest BCUT2D eigenvalue weighted by Gasteiger charge is -2.11. The number of hydrogen-bond acceptors (Lipinski definition) is 1. The Balaban J connectivity index is 2.41. The van der Waals surface area contributed by atoms with Gasteiger partial charge >= 0.3 is 0 Å². The van der Waals surface area contributed by atoms with E-state index in [-0.39, 0.29) is 6.23 Å². The molecular formula is C6H12NO+. The van der Waals surface area contributed by atoms with E-state index in [4.69, 9.17) is 5.11 Å². The van der Waals surface area contributed by atoms with Gasteiger partial charge in [-0.05, 0) is 12.6 Å². The number of hydrogen-bond donors (Lipinski definition) is 0. The molecule has 0 aliphatic carbocycles. The fraction of sp³-hybridized carbons (Fsp3) is 0.667. The third-order valence-electron chi connectivity index (χ3n) is 1.53. The maximum atomic E-state index is 7.34. The number of nitrogens with zero attached hydrogens (tertiary/aromatic N) is 1. The minimum atomic E-state index is -0.00694. The normalized spacial score (nSPS) is 28.6. The standard InChI is InChI=1S/C6H11NO/c1-2-7-5-3-4-6(7)8/h2,6,8H,1,3-5H2/p+1. The van der Waals surface area contributed by atoms with Crippen molar-refractivity contribution in [1.82, 2.24) is 4.90 Å². The summed E-state index contributed by atoms with van der Waals surface area (Å²) in [5, 5.41) is 7.34. The second-order valence-corrected chi connectivity index (χ2v) is 2.08. The second kappa shape index (κ2) is 2.18. The highest BCUT2D eigenvalue weighted by atomic mass is 16.3. The highest BCUT2D eigenvalue weighted by Gasteiger charge is 2.21. The summed E-state index contributed by atoms with van der Waals surface area (Å²) in [6.07, 6.45) is 3.91. The lowest BCUT2D eigenvalue weighted by atomic mass is 10.4. The molecule has 1 unspecified atom stereocenters. The van der Waals surface area contributed by atoms with Crippen LogP contribution in [-0.4, -0.2) is 22.8 Å². The van der Waals surface area contributed by atoms with Crippen LogP contribution in [0, 0.1) is 0 Å². The first kappa shape index (κ1) is 5.63. The molecule has 8 heavy (non-hydrogen) atoms. The number of likely N-dealkylation sites (tertiary alicyclic amines) is 1. The highest BCUT2D eigenvalue weighted by molar-refractivity contribution is 4.78. The van der Waals surface area contributed by atoms with Crippen LogP contribution in [0.4, 0.5) is 0 Å². The third kappa shape index (κ3) is 0.842. The molecule has 2 nitrogen and oxygen atoms in total. The van der Waals surface area contributed by atoms with Crippen molar-refractivity contribution in [3.05, 3.63) is 12.8 Å². The molecule has 1 rings (SSSR count). The Bertz CT molecular complexity index is 92.5. The second-order valence-electron chi connectivity index (χ2n) is 2.08. The Hall–Kier alpha value is -0.500. The van der Waals surface area contributed by atoms with Gasteiger partial charge in [-0.25, -0.2) is 0 Å². The minimum Gasteiger partial charge on any atom is -0.427 e. The topological polar surface area (TPSA) is 26.1 Å². The van der Waals surface area contributed by atoms with Crippen LogP contribution in [0.25, 0.3) is 0 Å². The van der Waals surface area contributed by atoms with Gasteiger partial charge in [-0.15, -0.1) is 0 Å². The summed E-state index contributed by atoms with van der Waals surface area (Å²) in [5.41, 5.74) is 0. The number of rotatable bonds is 1. The molecule has 0 radical (unpaired) electrons. The van der Waals surface area contributed by atoms with Crippen LogP contribution in [-0.2, 0) is 0 Å². The predicted octanol–water partition coefficient (Wildman–Crippen LogP) is 0.276. The Labute approximate surface area is 49.4 Å². The summed E-state index contributed by atoms with van der Waals surface area (Å²) in [4.78, 5) is 1.96. The molecule has 0 aromatic rings. The summed E-state index contributed by atoms with van der Waals surface area (Å²) < 4.78 is 0. The molecule has 2 heteroatoms. The minimum absolute atomic E-state index is 0.00694. The van der Waals surface area contributed by atoms with Gasteiger partial charge in [0.2, 0.25) is 6.23 Å². The van der Waals surface area contributed by atoms with E-state index in [0.29, 0.717) is 0 Å². The summed E-state index contributed by atoms with van der Waals surface area (Å²) in [6.45, 7) is 4.62. The van der Waals surface area contributed by atoms with Crippen LogP contribution in [0.5, 0.6) is 0 Å². The molecule has 1 atom stereocenters. The first-order valence-corrected chi connectivity index (χ1v) is 2.94. The van der Waals surface area contributed by atoms with Gasteiger partial charge in [-0.3, -0.25) is 0 Å². The quantitative estimate of drug-likeness (QED) is 0.449. The lowest BCUT2D eigenvalue weighted by Crippen LogP contribution is -2.22. The molecule has 1 aliphatic rings. The van der Waals surface area contributed by atoms with Crippen LogP contribution in [0.2, 0.25) is 0 Å². The highest BCUT2D eigenvalue weighted by Crippen LogP contribution is 2.13. The van der Waals surface area contributed by atoms with Crippen LogP contribution in [0.3, 0.4) is 0 Å². The van der Waals surface area contributed by atoms with Crippen LogP contribution in [0.1, 0.15) is 12.8 Å². The van der Waals surface area contributed by atoms with E-state index >= 15 is 0 Å². The molecule has 2 N–H and O–H groups in total. The van der Waals surface area contributed by atoms with Crippen molar-refractivity contribution in [2.24, 2.45) is 0 Å². The molecular weight excluding hydrogens is 102 g/mol. The smallest absolute Gasteiger partial charge is 0.232 e. The van der Waals surface area contributed by atoms with Crippen molar-refractivity contribution >= 4 is 0 Å². The van der Waals surface area contributed by atoms with E-state index in [9.17, 15) is 0 Å². The third-order valence-corrected chi connectivity index (χ3v) is 1.53. The SMILES string of the molecule is C=CN1CCCC1[OH2+]. The molecule has 1 fully saturated rings. The maximum Gasteiger partial charge on any atom is 0.232 e. The summed E-state index contributed by atoms with van der Waals surface area (Å²) in [7, 11) is 0. The average Bonchev–Trinajstić information content (AvgIpc) is 2.14. The Kier molecular flexibility index (Phi) is 1.53. The Morgan fingerprint density at radius 2 is 2.50 bits per heavy atom. The monoisotopic (exact) mass is 114 g/mol. The fourth-order valence-electron chi connectivity index (χ4n) is 1.01. The van der Waals surface area contributed by atoms with Gasteiger partial charge in [0.05, 0.1) is 0 Å². The van der Waals surface area contributed by atoms with Gasteiger partial charge in [0.15, 0.2) is 0 Å². The van der Waals surface area contributed by atoms with Crippen molar-refractivity contribution in [3.63, 3.8) is 0 Å². The molecule has 0 aromatic carbocycles. The summed E-state index contributed by atoms with van der Waals surface area (Å²) in [5.74, 6) is 0. The molecule has 0 spiro atoms. The molecule has 0 aromatic heterocycles. The molecule has 1 saturated heterocycles. The van der Waals surface area contributed by atoms with Crippen LogP contribution >= 0.6 is 0 Å². The maximum absolute atomic E-state index is 7.34. The van der Waals surface area contributed by atoms with Crippen molar-refractivity contribution < 1.29 is 5.11 Å². The van der Waals surface area contributed by atoms with E-state index in [1.165, 1.54) is 0 Å². The van der Waals surface area contributed by atoms with Crippen LogP contribution in [0.15, 0.2) is 12.8 Å². The lowest BCUT2D eigenvalue weighted by molar-refractivity contribution is 0.0723. The van der Waals surface area contributed by atoms with Crippen molar-refractivity contribution in [2.75, 3.05) is 6.54 Å². The zero-order valence-corrected chi connectivity index (χ0v) is 4.93. The molecule has 0 saturated carbocycles. The Morgan fingerprint density at radius 3 is 2.75 bits per heavy atom. The van der Waals surface area contributed by atoms with Gasteiger partial charge in [0.1, 0.15) is 0 Å². The molecule has 1 heterocycles. The largest absolute Gasteiger partial charge is 0.427 e. The van der Waals surface area contributed by atoms with E-state index < -0.39 is 0 Å². The average molecular weight is 114 g/mol. The van der Waals surface area contributed by atoms with E-state index in [1.54, 1.807) is 6.20 Å². The first-order valence-electron chi connectivity index (χ1n) is 2.94. The van der Waals surface area contributed by atoms with Gasteiger partial charge in [0, 0.05) is 13.0 Å². The van der Waals surface area contributed by atoms with Crippen LogP contribution < -0.4 is 0 Å². The van der Waals surface area contributed by atoms with Crippen molar-refractivity contribution in [1.29, 1.82) is 0 Å². The Morgan fingerprint density at radius 1 is 1.75 bits per heavy atom. The van der Waals surface area contributed by atoms with Gasteiger partial charge in [0.25, 0.3) is 0 Å². The fourth-order valence-corrected chi connectivity index (χ4v) is 1.01. The molecule has 46 valence electrons. The molecule has 0 bridgehead atoms. The van der Waals surface area contributed by atoms with Crippen molar-refractivity contribution in [3.8, 4) is 0 Å². The summed E-state index contributed by atoms with van der Waals surface area (Å²) >= 11 is 0. The zero-order chi connectivity index (χ0) is 5.98. The zero-order valence-electron chi connectivity index (χ0n) is 4.93. The van der Waals surface area contributed by atoms with Gasteiger partial charge < -0.3 is 10.0 Å². The van der Waals surface area contributed by atoms with Crippen molar-refractivity contribution in [2.45, 2.75) is 19.1 Å². The first-order chi connectivity index (χ1) is 3.84. The molecule has 1 aliphatic heterocycles. The van der Waals surface area contributed by atoms with E-state index in [0.717, 1.165) is 19.4 Å². The van der Waals surface area contributed by atoms with Gasteiger partial charge in [-0.2, -0.15) is 0 Å². The van der Waals surface area contributed by atoms with Gasteiger partial charge in [-0.1, -0.05) is 6.58 Å². The van der Waals surface area contributed by atoms with E-state index in [1.807, 2.05) is 4.90 Å². The van der Waals surface area contributed by atoms with E-state index in [2.05, 4.69) is 6.58 Å². The molecule has 0 amide bonds. The summed E-state index contributed by atoms with van der Waals surface area (Å²) in [6, 6.07) is 0. The predicted molar refractivity (Wildman–Crippen MR) is 33.5 cm³/mol.